The first-order valence-corrected chi connectivity index (χ1v) is 6.86. The maximum absolute atomic E-state index is 12.1. The SMILES string of the molecule is CN(C)c1cccc(C(=O)NC[C@H](O)c2ccccc2)c1. The molecule has 21 heavy (non-hydrogen) atoms. The molecule has 2 aromatic carbocycles. The van der Waals surface area contributed by atoms with Crippen LogP contribution in [0, 0.1) is 0 Å². The standard InChI is InChI=1S/C17H20N2O2/c1-19(2)15-10-6-9-14(11-15)17(21)18-12-16(20)13-7-4-3-5-8-13/h3-11,16,20H,12H2,1-2H3,(H,18,21)/t16-/m0/s1. The Morgan fingerprint density at radius 3 is 2.52 bits per heavy atom. The molecule has 0 saturated heterocycles. The largest absolute Gasteiger partial charge is 0.387 e. The third kappa shape index (κ3) is 4.07. The van der Waals surface area contributed by atoms with Crippen molar-refractivity contribution in [2.75, 3.05) is 25.5 Å². The van der Waals surface area contributed by atoms with E-state index in [0.717, 1.165) is 11.3 Å². The Bertz CT molecular complexity index is 597. The van der Waals surface area contributed by atoms with Gasteiger partial charge in [-0.2, -0.15) is 0 Å². The van der Waals surface area contributed by atoms with Gasteiger partial charge in [-0.3, -0.25) is 4.79 Å². The van der Waals surface area contributed by atoms with Crippen LogP contribution in [0.25, 0.3) is 0 Å². The molecule has 1 atom stereocenters. The van der Waals surface area contributed by atoms with E-state index in [1.54, 1.807) is 6.07 Å². The first kappa shape index (κ1) is 15.1. The number of rotatable bonds is 5. The Labute approximate surface area is 125 Å². The van der Waals surface area contributed by atoms with Gasteiger partial charge in [-0.25, -0.2) is 0 Å². The fourth-order valence-electron chi connectivity index (χ4n) is 2.01. The molecule has 0 radical (unpaired) electrons. The highest BCUT2D eigenvalue weighted by Gasteiger charge is 2.11. The molecule has 0 aliphatic rings. The molecule has 0 aliphatic carbocycles. The van der Waals surface area contributed by atoms with Crippen LogP contribution in [0.1, 0.15) is 22.0 Å². The highest BCUT2D eigenvalue weighted by Crippen LogP contribution is 2.14. The predicted molar refractivity (Wildman–Crippen MR) is 84.5 cm³/mol. The number of hydrogen-bond acceptors (Lipinski definition) is 3. The van der Waals surface area contributed by atoms with E-state index < -0.39 is 6.10 Å². The van der Waals surface area contributed by atoms with Gasteiger partial charge in [-0.1, -0.05) is 36.4 Å². The van der Waals surface area contributed by atoms with E-state index in [4.69, 9.17) is 0 Å². The number of carbonyl (C=O) groups excluding carboxylic acids is 1. The van der Waals surface area contributed by atoms with Crippen molar-refractivity contribution in [3.63, 3.8) is 0 Å². The summed E-state index contributed by atoms with van der Waals surface area (Å²) in [5, 5.41) is 12.8. The molecule has 0 aromatic heterocycles. The topological polar surface area (TPSA) is 52.6 Å². The van der Waals surface area contributed by atoms with Crippen molar-refractivity contribution >= 4 is 11.6 Å². The van der Waals surface area contributed by atoms with Gasteiger partial charge >= 0.3 is 0 Å². The number of benzene rings is 2. The molecule has 0 spiro atoms. The average molecular weight is 284 g/mol. The highest BCUT2D eigenvalue weighted by atomic mass is 16.3. The van der Waals surface area contributed by atoms with E-state index in [2.05, 4.69) is 5.32 Å². The van der Waals surface area contributed by atoms with E-state index in [1.807, 2.05) is 67.5 Å². The lowest BCUT2D eigenvalue weighted by Crippen LogP contribution is -2.28. The smallest absolute Gasteiger partial charge is 0.251 e. The fourth-order valence-corrected chi connectivity index (χ4v) is 2.01. The van der Waals surface area contributed by atoms with Crippen molar-refractivity contribution in [2.45, 2.75) is 6.10 Å². The summed E-state index contributed by atoms with van der Waals surface area (Å²) in [5.41, 5.74) is 2.34. The first-order valence-electron chi connectivity index (χ1n) is 6.86. The Morgan fingerprint density at radius 1 is 1.14 bits per heavy atom. The van der Waals surface area contributed by atoms with Gasteiger partial charge < -0.3 is 15.3 Å². The van der Waals surface area contributed by atoms with Crippen molar-refractivity contribution in [3.8, 4) is 0 Å². The Balaban J connectivity index is 1.97. The molecule has 4 heteroatoms. The summed E-state index contributed by atoms with van der Waals surface area (Å²) in [6.07, 6.45) is -0.702. The lowest BCUT2D eigenvalue weighted by Gasteiger charge is -2.15. The molecule has 0 saturated carbocycles. The van der Waals surface area contributed by atoms with Crippen LogP contribution in [-0.4, -0.2) is 31.7 Å². The van der Waals surface area contributed by atoms with Gasteiger partial charge in [0.2, 0.25) is 0 Å². The Hall–Kier alpha value is -2.33. The van der Waals surface area contributed by atoms with Gasteiger partial charge in [0.15, 0.2) is 0 Å². The number of nitrogens with one attached hydrogen (secondary N) is 1. The van der Waals surface area contributed by atoms with Gasteiger partial charge in [0.1, 0.15) is 0 Å². The highest BCUT2D eigenvalue weighted by molar-refractivity contribution is 5.95. The second-order valence-corrected chi connectivity index (χ2v) is 5.08. The van der Waals surface area contributed by atoms with E-state index in [9.17, 15) is 9.90 Å². The summed E-state index contributed by atoms with van der Waals surface area (Å²) in [4.78, 5) is 14.1. The first-order chi connectivity index (χ1) is 10.1. The molecule has 0 aliphatic heterocycles. The maximum atomic E-state index is 12.1. The third-order valence-corrected chi connectivity index (χ3v) is 3.27. The second-order valence-electron chi connectivity index (χ2n) is 5.08. The summed E-state index contributed by atoms with van der Waals surface area (Å²) >= 11 is 0. The van der Waals surface area contributed by atoms with Crippen LogP contribution < -0.4 is 10.2 Å². The molecule has 0 unspecified atom stereocenters. The van der Waals surface area contributed by atoms with Crippen LogP contribution in [0.2, 0.25) is 0 Å². The molecule has 2 N–H and O–H groups in total. The molecule has 110 valence electrons. The summed E-state index contributed by atoms with van der Waals surface area (Å²) in [6.45, 7) is 0.190. The number of aliphatic hydroxyl groups excluding tert-OH is 1. The van der Waals surface area contributed by atoms with E-state index in [1.165, 1.54) is 0 Å². The monoisotopic (exact) mass is 284 g/mol. The number of nitrogens with zero attached hydrogens (tertiary/aromatic N) is 1. The van der Waals surface area contributed by atoms with Crippen LogP contribution >= 0.6 is 0 Å². The van der Waals surface area contributed by atoms with Crippen molar-refractivity contribution in [3.05, 3.63) is 65.7 Å². The lowest BCUT2D eigenvalue weighted by atomic mass is 10.1. The van der Waals surface area contributed by atoms with Crippen molar-refractivity contribution in [1.82, 2.24) is 5.32 Å². The second kappa shape index (κ2) is 6.90. The molecule has 4 nitrogen and oxygen atoms in total. The molecule has 0 heterocycles. The van der Waals surface area contributed by atoms with Gasteiger partial charge in [-0.15, -0.1) is 0 Å². The third-order valence-electron chi connectivity index (χ3n) is 3.27. The van der Waals surface area contributed by atoms with Crippen molar-refractivity contribution < 1.29 is 9.90 Å². The van der Waals surface area contributed by atoms with Gasteiger partial charge in [0.25, 0.3) is 5.91 Å². The van der Waals surface area contributed by atoms with E-state index >= 15 is 0 Å². The molecule has 0 fully saturated rings. The Morgan fingerprint density at radius 2 is 1.86 bits per heavy atom. The van der Waals surface area contributed by atoms with Crippen molar-refractivity contribution in [2.24, 2.45) is 0 Å². The number of hydrogen-bond donors (Lipinski definition) is 2. The van der Waals surface area contributed by atoms with Gasteiger partial charge in [-0.05, 0) is 23.8 Å². The molecular weight excluding hydrogens is 264 g/mol. The van der Waals surface area contributed by atoms with Crippen LogP contribution in [0.5, 0.6) is 0 Å². The number of aliphatic hydroxyl groups is 1. The zero-order valence-electron chi connectivity index (χ0n) is 12.3. The van der Waals surface area contributed by atoms with Crippen molar-refractivity contribution in [1.29, 1.82) is 0 Å². The molecule has 0 bridgehead atoms. The minimum atomic E-state index is -0.702. The Kier molecular flexibility index (Phi) is 4.95. The zero-order valence-corrected chi connectivity index (χ0v) is 12.3. The van der Waals surface area contributed by atoms with Crippen LogP contribution in [0.3, 0.4) is 0 Å². The minimum absolute atomic E-state index is 0.186. The summed E-state index contributed by atoms with van der Waals surface area (Å²) in [5.74, 6) is -0.186. The normalized spacial score (nSPS) is 11.8. The minimum Gasteiger partial charge on any atom is -0.387 e. The number of carbonyl (C=O) groups is 1. The van der Waals surface area contributed by atoms with E-state index in [-0.39, 0.29) is 12.5 Å². The van der Waals surface area contributed by atoms with Gasteiger partial charge in [0, 0.05) is 31.9 Å². The summed E-state index contributed by atoms with van der Waals surface area (Å²) in [6, 6.07) is 16.7. The maximum Gasteiger partial charge on any atom is 0.251 e. The van der Waals surface area contributed by atoms with Crippen LogP contribution in [0.4, 0.5) is 5.69 Å². The van der Waals surface area contributed by atoms with Crippen LogP contribution in [0.15, 0.2) is 54.6 Å². The summed E-state index contributed by atoms with van der Waals surface area (Å²) < 4.78 is 0. The van der Waals surface area contributed by atoms with E-state index in [0.29, 0.717) is 5.56 Å². The average Bonchev–Trinajstić information content (AvgIpc) is 2.53. The fraction of sp³-hybridized carbons (Fsp3) is 0.235. The molecular formula is C17H20N2O2. The predicted octanol–water partition coefficient (Wildman–Crippen LogP) is 2.22. The molecule has 2 aromatic rings. The van der Waals surface area contributed by atoms with Gasteiger partial charge in [0.05, 0.1) is 6.10 Å². The van der Waals surface area contributed by atoms with Crippen LogP contribution in [-0.2, 0) is 0 Å². The quantitative estimate of drug-likeness (QED) is 0.885. The summed E-state index contributed by atoms with van der Waals surface area (Å²) in [7, 11) is 3.85. The lowest BCUT2D eigenvalue weighted by molar-refractivity contribution is 0.0916. The molecule has 1 amide bonds. The molecule has 2 rings (SSSR count). The zero-order chi connectivity index (χ0) is 15.2. The number of anilines is 1. The number of amides is 1.